The van der Waals surface area contributed by atoms with Crippen LogP contribution in [0.3, 0.4) is 0 Å². The monoisotopic (exact) mass is 295 g/mol. The van der Waals surface area contributed by atoms with Gasteiger partial charge in [0.1, 0.15) is 12.7 Å². The molecule has 1 fully saturated rings. The van der Waals surface area contributed by atoms with Crippen LogP contribution in [0.4, 0.5) is 5.69 Å². The molecule has 1 saturated heterocycles. The molecule has 0 saturated carbocycles. The largest absolute Gasteiger partial charge is 0.484 e. The topological polar surface area (TPSA) is 76.9 Å². The molecule has 2 rings (SSSR count). The summed E-state index contributed by atoms with van der Waals surface area (Å²) < 4.78 is 11.2. The third-order valence-corrected chi connectivity index (χ3v) is 3.37. The molecule has 1 unspecified atom stereocenters. The number of hydrogen-bond donors (Lipinski definition) is 1. The Hall–Kier alpha value is -1.70. The molecule has 0 amide bonds. The highest BCUT2D eigenvalue weighted by Crippen LogP contribution is 2.28. The smallest absolute Gasteiger partial charge is 0.311 e. The number of morpholine rings is 1. The van der Waals surface area contributed by atoms with E-state index >= 15 is 0 Å². The second kappa shape index (κ2) is 7.35. The van der Waals surface area contributed by atoms with Crippen LogP contribution in [0.2, 0.25) is 0 Å². The first-order chi connectivity index (χ1) is 10.1. The third-order valence-electron chi connectivity index (χ3n) is 3.37. The van der Waals surface area contributed by atoms with E-state index in [1.165, 1.54) is 0 Å². The summed E-state index contributed by atoms with van der Waals surface area (Å²) in [7, 11) is 3.82. The van der Waals surface area contributed by atoms with Gasteiger partial charge in [-0.05, 0) is 25.7 Å². The number of nitrogens with one attached hydrogen (secondary N) is 1. The Kier molecular flexibility index (Phi) is 5.49. The summed E-state index contributed by atoms with van der Waals surface area (Å²) in [4.78, 5) is 12.9. The van der Waals surface area contributed by atoms with Crippen LogP contribution in [0.5, 0.6) is 5.75 Å². The van der Waals surface area contributed by atoms with E-state index in [2.05, 4.69) is 10.2 Å². The summed E-state index contributed by atoms with van der Waals surface area (Å²) in [5, 5.41) is 14.1. The molecule has 7 heteroatoms. The van der Waals surface area contributed by atoms with Crippen molar-refractivity contribution in [1.82, 2.24) is 10.2 Å². The standard InChI is InChI=1S/C14H21N3O4/c1-15-8-11-3-4-14(13(7-11)17(18)19)21-10-12-9-16(2)5-6-20-12/h3-4,7,12,15H,5-6,8-10H2,1-2H3. The molecular weight excluding hydrogens is 274 g/mol. The fourth-order valence-corrected chi connectivity index (χ4v) is 2.29. The molecule has 1 aromatic carbocycles. The van der Waals surface area contributed by atoms with Gasteiger partial charge in [-0.3, -0.25) is 10.1 Å². The summed E-state index contributed by atoms with van der Waals surface area (Å²) in [6, 6.07) is 5.02. The van der Waals surface area contributed by atoms with E-state index in [1.807, 2.05) is 13.1 Å². The van der Waals surface area contributed by atoms with Crippen molar-refractivity contribution >= 4 is 5.69 Å². The van der Waals surface area contributed by atoms with Crippen molar-refractivity contribution in [2.24, 2.45) is 0 Å². The zero-order valence-corrected chi connectivity index (χ0v) is 12.4. The SMILES string of the molecule is CNCc1ccc(OCC2CN(C)CCO2)c([N+](=O)[O-])c1. The van der Waals surface area contributed by atoms with Crippen LogP contribution >= 0.6 is 0 Å². The van der Waals surface area contributed by atoms with Crippen molar-refractivity contribution in [3.05, 3.63) is 33.9 Å². The molecule has 7 nitrogen and oxygen atoms in total. The maximum absolute atomic E-state index is 11.1. The third kappa shape index (κ3) is 4.38. The second-order valence-corrected chi connectivity index (χ2v) is 5.16. The van der Waals surface area contributed by atoms with Crippen LogP contribution in [0.25, 0.3) is 0 Å². The van der Waals surface area contributed by atoms with Gasteiger partial charge in [0.05, 0.1) is 11.5 Å². The van der Waals surface area contributed by atoms with Crippen molar-refractivity contribution in [2.75, 3.05) is 40.4 Å². The number of benzene rings is 1. The normalized spacial score (nSPS) is 19.4. The Balaban J connectivity index is 2.03. The molecular formula is C14H21N3O4. The maximum Gasteiger partial charge on any atom is 0.311 e. The summed E-state index contributed by atoms with van der Waals surface area (Å²) in [5.74, 6) is 0.289. The lowest BCUT2D eigenvalue weighted by Gasteiger charge is -2.29. The van der Waals surface area contributed by atoms with Crippen molar-refractivity contribution < 1.29 is 14.4 Å². The van der Waals surface area contributed by atoms with Gasteiger partial charge < -0.3 is 19.7 Å². The van der Waals surface area contributed by atoms with Gasteiger partial charge in [0.15, 0.2) is 5.75 Å². The molecule has 1 N–H and O–H groups in total. The predicted molar refractivity (Wildman–Crippen MR) is 78.6 cm³/mol. The van der Waals surface area contributed by atoms with E-state index in [1.54, 1.807) is 19.2 Å². The summed E-state index contributed by atoms with van der Waals surface area (Å²) in [6.45, 7) is 3.23. The van der Waals surface area contributed by atoms with Gasteiger partial charge >= 0.3 is 5.69 Å². The van der Waals surface area contributed by atoms with Crippen LogP contribution in [0.15, 0.2) is 18.2 Å². The molecule has 0 radical (unpaired) electrons. The molecule has 1 atom stereocenters. The van der Waals surface area contributed by atoms with E-state index in [0.717, 1.165) is 18.7 Å². The number of nitro benzene ring substituents is 1. The first-order valence-electron chi connectivity index (χ1n) is 6.95. The number of nitro groups is 1. The summed E-state index contributed by atoms with van der Waals surface area (Å²) in [5.41, 5.74) is 0.845. The molecule has 1 aliphatic heterocycles. The minimum atomic E-state index is -0.414. The van der Waals surface area contributed by atoms with E-state index in [0.29, 0.717) is 19.8 Å². The maximum atomic E-state index is 11.1. The molecule has 1 heterocycles. The van der Waals surface area contributed by atoms with Gasteiger partial charge in [-0.1, -0.05) is 6.07 Å². The van der Waals surface area contributed by atoms with Gasteiger partial charge in [-0.25, -0.2) is 0 Å². The first-order valence-corrected chi connectivity index (χ1v) is 6.95. The quantitative estimate of drug-likeness (QED) is 0.624. The molecule has 0 aromatic heterocycles. The van der Waals surface area contributed by atoms with Gasteiger partial charge in [-0.15, -0.1) is 0 Å². The number of nitrogens with zero attached hydrogens (tertiary/aromatic N) is 2. The Morgan fingerprint density at radius 3 is 3.05 bits per heavy atom. The highest BCUT2D eigenvalue weighted by molar-refractivity contribution is 5.48. The van der Waals surface area contributed by atoms with Crippen molar-refractivity contribution in [3.63, 3.8) is 0 Å². The van der Waals surface area contributed by atoms with Crippen molar-refractivity contribution in [1.29, 1.82) is 0 Å². The number of rotatable bonds is 6. The number of likely N-dealkylation sites (N-methyl/N-ethyl adjacent to an activating group) is 1. The van der Waals surface area contributed by atoms with E-state index in [9.17, 15) is 10.1 Å². The minimum Gasteiger partial charge on any atom is -0.484 e. The second-order valence-electron chi connectivity index (χ2n) is 5.16. The Bertz CT molecular complexity index is 495. The lowest BCUT2D eigenvalue weighted by molar-refractivity contribution is -0.386. The highest BCUT2D eigenvalue weighted by atomic mass is 16.6. The number of hydrogen-bond acceptors (Lipinski definition) is 6. The first kappa shape index (κ1) is 15.7. The van der Waals surface area contributed by atoms with Gasteiger partial charge in [0.25, 0.3) is 0 Å². The summed E-state index contributed by atoms with van der Waals surface area (Å²) >= 11 is 0. The molecule has 21 heavy (non-hydrogen) atoms. The van der Waals surface area contributed by atoms with Crippen LogP contribution < -0.4 is 10.1 Å². The zero-order chi connectivity index (χ0) is 15.2. The predicted octanol–water partition coefficient (Wildman–Crippen LogP) is 1.02. The van der Waals surface area contributed by atoms with Crippen LogP contribution in [0, 0.1) is 10.1 Å². The Morgan fingerprint density at radius 1 is 1.57 bits per heavy atom. The van der Waals surface area contributed by atoms with Crippen LogP contribution in [-0.2, 0) is 11.3 Å². The molecule has 116 valence electrons. The average Bonchev–Trinajstić information content (AvgIpc) is 2.46. The average molecular weight is 295 g/mol. The van der Waals surface area contributed by atoms with Crippen LogP contribution in [0.1, 0.15) is 5.56 Å². The lowest BCUT2D eigenvalue weighted by Crippen LogP contribution is -2.42. The fraction of sp³-hybridized carbons (Fsp3) is 0.571. The minimum absolute atomic E-state index is 0.00749. The fourth-order valence-electron chi connectivity index (χ4n) is 2.29. The lowest BCUT2D eigenvalue weighted by atomic mass is 10.2. The Morgan fingerprint density at radius 2 is 2.38 bits per heavy atom. The van der Waals surface area contributed by atoms with E-state index < -0.39 is 4.92 Å². The van der Waals surface area contributed by atoms with Gasteiger partial charge in [0.2, 0.25) is 0 Å². The van der Waals surface area contributed by atoms with Crippen LogP contribution in [-0.4, -0.2) is 56.3 Å². The van der Waals surface area contributed by atoms with Gasteiger partial charge in [-0.2, -0.15) is 0 Å². The van der Waals surface area contributed by atoms with Crippen molar-refractivity contribution in [3.8, 4) is 5.75 Å². The molecule has 1 aromatic rings. The number of ether oxygens (including phenoxy) is 2. The Labute approximate surface area is 124 Å². The molecule has 1 aliphatic rings. The molecule has 0 spiro atoms. The molecule has 0 bridgehead atoms. The highest BCUT2D eigenvalue weighted by Gasteiger charge is 2.21. The zero-order valence-electron chi connectivity index (χ0n) is 12.4. The van der Waals surface area contributed by atoms with Gasteiger partial charge in [0, 0.05) is 25.7 Å². The van der Waals surface area contributed by atoms with E-state index in [4.69, 9.17) is 9.47 Å². The van der Waals surface area contributed by atoms with E-state index in [-0.39, 0.29) is 17.5 Å². The molecule has 0 aliphatic carbocycles. The van der Waals surface area contributed by atoms with Crippen molar-refractivity contribution in [2.45, 2.75) is 12.6 Å². The summed E-state index contributed by atoms with van der Waals surface area (Å²) in [6.07, 6.45) is -0.0552.